The topological polar surface area (TPSA) is 58.2 Å². The predicted molar refractivity (Wildman–Crippen MR) is 115 cm³/mol. The summed E-state index contributed by atoms with van der Waals surface area (Å²) in [4.78, 5) is 0. The molecule has 0 spiro atoms. The maximum atomic E-state index is 13.3. The van der Waals surface area contributed by atoms with Gasteiger partial charge in [-0.25, -0.2) is 13.1 Å². The minimum Gasteiger partial charge on any atom is -0.312 e. The molecule has 1 aromatic carbocycles. The van der Waals surface area contributed by atoms with Crippen molar-refractivity contribution in [3.63, 3.8) is 0 Å². The molecule has 1 aromatic rings. The van der Waals surface area contributed by atoms with Gasteiger partial charge in [-0.2, -0.15) is 0 Å². The highest BCUT2D eigenvalue weighted by atomic mass is 32.2. The van der Waals surface area contributed by atoms with E-state index in [4.69, 9.17) is 0 Å². The molecule has 0 aromatic heterocycles. The van der Waals surface area contributed by atoms with Gasteiger partial charge in [-0.05, 0) is 82.3 Å². The summed E-state index contributed by atoms with van der Waals surface area (Å²) in [6.45, 7) is 6.18. The first-order valence-corrected chi connectivity index (χ1v) is 12.5. The second kappa shape index (κ2) is 7.41. The fourth-order valence-corrected chi connectivity index (χ4v) is 6.86. The second-order valence-electron chi connectivity index (χ2n) is 10.3. The van der Waals surface area contributed by atoms with Crippen LogP contribution in [0.25, 0.3) is 0 Å². The smallest absolute Gasteiger partial charge is 0.217 e. The van der Waals surface area contributed by atoms with Gasteiger partial charge in [0.25, 0.3) is 0 Å². The molecule has 0 amide bonds. The SMILES string of the molecule is CC(C)(C)S(=O)(=O)NC1(CNC2CCCC2)[C@@H]2CC[C@H]1Cc1ccccc1C2. The van der Waals surface area contributed by atoms with E-state index in [0.717, 1.165) is 32.2 Å². The van der Waals surface area contributed by atoms with Gasteiger partial charge in [0.05, 0.1) is 10.3 Å². The molecule has 0 radical (unpaired) electrons. The standard InChI is InChI=1S/C23H36N2O2S/c1-22(2,3)28(26,27)25-23(16-24-21-10-6-7-11-21)19-12-13-20(23)15-18-9-5-4-8-17(18)14-19/h4-5,8-9,19-21,24-25H,6-7,10-16H2,1-3H3/t19-,20+,23?. The van der Waals surface area contributed by atoms with E-state index >= 15 is 0 Å². The van der Waals surface area contributed by atoms with Crippen molar-refractivity contribution in [3.05, 3.63) is 35.4 Å². The first kappa shape index (κ1) is 20.4. The Balaban J connectivity index is 1.68. The number of hydrogen-bond donors (Lipinski definition) is 2. The molecular weight excluding hydrogens is 368 g/mol. The molecule has 2 fully saturated rings. The summed E-state index contributed by atoms with van der Waals surface area (Å²) in [6, 6.07) is 9.26. The normalized spacial score (nSPS) is 31.0. The van der Waals surface area contributed by atoms with E-state index in [2.05, 4.69) is 34.3 Å². The third-order valence-corrected chi connectivity index (χ3v) is 9.80. The van der Waals surface area contributed by atoms with Crippen molar-refractivity contribution in [2.24, 2.45) is 11.8 Å². The molecule has 3 atom stereocenters. The van der Waals surface area contributed by atoms with Gasteiger partial charge in [0.1, 0.15) is 0 Å². The molecule has 0 aliphatic heterocycles. The number of rotatable bonds is 5. The van der Waals surface area contributed by atoms with Crippen LogP contribution in [-0.4, -0.2) is 31.3 Å². The molecule has 4 rings (SSSR count). The van der Waals surface area contributed by atoms with Crippen LogP contribution in [-0.2, 0) is 22.9 Å². The summed E-state index contributed by atoms with van der Waals surface area (Å²) in [7, 11) is -3.42. The number of benzene rings is 1. The molecular formula is C23H36N2O2S. The lowest BCUT2D eigenvalue weighted by atomic mass is 9.79. The highest BCUT2D eigenvalue weighted by Crippen LogP contribution is 2.48. The maximum Gasteiger partial charge on any atom is 0.217 e. The first-order chi connectivity index (χ1) is 13.2. The maximum absolute atomic E-state index is 13.3. The molecule has 0 heterocycles. The minimum absolute atomic E-state index is 0.354. The molecule has 1 unspecified atom stereocenters. The van der Waals surface area contributed by atoms with Gasteiger partial charge in [0, 0.05) is 12.6 Å². The molecule has 0 saturated heterocycles. The van der Waals surface area contributed by atoms with Crippen molar-refractivity contribution in [3.8, 4) is 0 Å². The molecule has 3 aliphatic rings. The van der Waals surface area contributed by atoms with E-state index in [1.54, 1.807) is 20.8 Å². The molecule has 4 nitrogen and oxygen atoms in total. The van der Waals surface area contributed by atoms with Crippen molar-refractivity contribution in [1.29, 1.82) is 0 Å². The summed E-state index contributed by atoms with van der Waals surface area (Å²) >= 11 is 0. The first-order valence-electron chi connectivity index (χ1n) is 11.0. The molecule has 28 heavy (non-hydrogen) atoms. The van der Waals surface area contributed by atoms with Crippen molar-refractivity contribution in [1.82, 2.24) is 10.0 Å². The van der Waals surface area contributed by atoms with Gasteiger partial charge in [-0.15, -0.1) is 0 Å². The van der Waals surface area contributed by atoms with Crippen molar-refractivity contribution in [2.75, 3.05) is 6.54 Å². The minimum atomic E-state index is -3.42. The molecule has 3 aliphatic carbocycles. The number of sulfonamides is 1. The Morgan fingerprint density at radius 1 is 0.964 bits per heavy atom. The zero-order valence-corrected chi connectivity index (χ0v) is 18.4. The Morgan fingerprint density at radius 3 is 2.00 bits per heavy atom. The van der Waals surface area contributed by atoms with Crippen LogP contribution in [0.5, 0.6) is 0 Å². The Kier molecular flexibility index (Phi) is 5.39. The van der Waals surface area contributed by atoms with E-state index in [-0.39, 0.29) is 5.54 Å². The van der Waals surface area contributed by atoms with E-state index in [1.807, 2.05) is 0 Å². The summed E-state index contributed by atoms with van der Waals surface area (Å²) in [6.07, 6.45) is 9.19. The van der Waals surface area contributed by atoms with E-state index < -0.39 is 14.8 Å². The summed E-state index contributed by atoms with van der Waals surface area (Å²) in [5.41, 5.74) is 2.44. The lowest BCUT2D eigenvalue weighted by molar-refractivity contribution is 0.206. The zero-order chi connectivity index (χ0) is 20.0. The van der Waals surface area contributed by atoms with Crippen LogP contribution >= 0.6 is 0 Å². The largest absolute Gasteiger partial charge is 0.312 e. The van der Waals surface area contributed by atoms with Crippen LogP contribution in [0.15, 0.2) is 24.3 Å². The van der Waals surface area contributed by atoms with Crippen LogP contribution in [0.3, 0.4) is 0 Å². The molecule has 2 bridgehead atoms. The second-order valence-corrected chi connectivity index (χ2v) is 12.7. The van der Waals surface area contributed by atoms with Gasteiger partial charge in [-0.1, -0.05) is 37.1 Å². The summed E-state index contributed by atoms with van der Waals surface area (Å²) in [5.74, 6) is 0.708. The van der Waals surface area contributed by atoms with E-state index in [9.17, 15) is 8.42 Å². The molecule has 5 heteroatoms. The Bertz CT molecular complexity index is 773. The number of hydrogen-bond acceptors (Lipinski definition) is 3. The Labute approximate surface area is 170 Å². The van der Waals surface area contributed by atoms with Crippen molar-refractivity contribution in [2.45, 2.75) is 88.5 Å². The fraction of sp³-hybridized carbons (Fsp3) is 0.739. The molecule has 156 valence electrons. The quantitative estimate of drug-likeness (QED) is 0.785. The predicted octanol–water partition coefficient (Wildman–Crippen LogP) is 3.80. The van der Waals surface area contributed by atoms with Gasteiger partial charge in [-0.3, -0.25) is 0 Å². The average Bonchev–Trinajstić information content (AvgIpc) is 3.19. The van der Waals surface area contributed by atoms with Gasteiger partial charge in [0.15, 0.2) is 0 Å². The monoisotopic (exact) mass is 404 g/mol. The highest BCUT2D eigenvalue weighted by molar-refractivity contribution is 7.90. The van der Waals surface area contributed by atoms with Crippen LogP contribution in [0.2, 0.25) is 0 Å². The van der Waals surface area contributed by atoms with Crippen LogP contribution < -0.4 is 10.0 Å². The lowest BCUT2D eigenvalue weighted by Gasteiger charge is -2.42. The summed E-state index contributed by atoms with van der Waals surface area (Å²) < 4.78 is 29.1. The Morgan fingerprint density at radius 2 is 1.50 bits per heavy atom. The number of fused-ring (bicyclic) bond motifs is 3. The van der Waals surface area contributed by atoms with Crippen molar-refractivity contribution >= 4 is 10.0 Å². The van der Waals surface area contributed by atoms with Crippen LogP contribution in [0.1, 0.15) is 70.4 Å². The lowest BCUT2D eigenvalue weighted by Crippen LogP contribution is -2.64. The van der Waals surface area contributed by atoms with Gasteiger partial charge < -0.3 is 5.32 Å². The Hall–Kier alpha value is -0.910. The number of nitrogens with one attached hydrogen (secondary N) is 2. The fourth-order valence-electron chi connectivity index (χ4n) is 5.64. The molecule has 2 saturated carbocycles. The molecule has 2 N–H and O–H groups in total. The van der Waals surface area contributed by atoms with Gasteiger partial charge >= 0.3 is 0 Å². The summed E-state index contributed by atoms with van der Waals surface area (Å²) in [5, 5.41) is 3.79. The van der Waals surface area contributed by atoms with Crippen LogP contribution in [0.4, 0.5) is 0 Å². The van der Waals surface area contributed by atoms with Crippen LogP contribution in [0, 0.1) is 11.8 Å². The van der Waals surface area contributed by atoms with Gasteiger partial charge in [0.2, 0.25) is 10.0 Å². The van der Waals surface area contributed by atoms with E-state index in [0.29, 0.717) is 17.9 Å². The average molecular weight is 405 g/mol. The zero-order valence-electron chi connectivity index (χ0n) is 17.6. The third-order valence-electron chi connectivity index (χ3n) is 7.54. The highest BCUT2D eigenvalue weighted by Gasteiger charge is 2.54. The third kappa shape index (κ3) is 3.66. The van der Waals surface area contributed by atoms with Crippen molar-refractivity contribution < 1.29 is 8.42 Å². The van der Waals surface area contributed by atoms with E-state index in [1.165, 1.54) is 36.8 Å².